The van der Waals surface area contributed by atoms with Crippen LogP contribution in [-0.4, -0.2) is 38.3 Å². The predicted molar refractivity (Wildman–Crippen MR) is 145 cm³/mol. The van der Waals surface area contributed by atoms with Gasteiger partial charge in [0.25, 0.3) is 0 Å². The summed E-state index contributed by atoms with van der Waals surface area (Å²) < 4.78 is 30.1. The lowest BCUT2D eigenvalue weighted by atomic mass is 10.1. The maximum absolute atomic E-state index is 12.6. The zero-order valence-corrected chi connectivity index (χ0v) is 22.1. The summed E-state index contributed by atoms with van der Waals surface area (Å²) in [5, 5.41) is 37.6. The Bertz CT molecular complexity index is 1760. The molecule has 0 saturated carbocycles. The molecular formula is C26H22BrN5O5S. The van der Waals surface area contributed by atoms with Crippen molar-refractivity contribution in [2.24, 2.45) is 0 Å². The van der Waals surface area contributed by atoms with Crippen molar-refractivity contribution in [1.29, 1.82) is 0 Å². The highest BCUT2D eigenvalue weighted by Crippen LogP contribution is 2.31. The van der Waals surface area contributed by atoms with Crippen molar-refractivity contribution in [3.63, 3.8) is 0 Å². The van der Waals surface area contributed by atoms with E-state index < -0.39 is 20.7 Å². The van der Waals surface area contributed by atoms with Crippen LogP contribution in [0, 0.1) is 0 Å². The normalized spacial score (nSPS) is 11.6. The van der Waals surface area contributed by atoms with Gasteiger partial charge in [-0.15, -0.1) is 0 Å². The zero-order valence-electron chi connectivity index (χ0n) is 19.7. The number of sulfonamides is 1. The molecule has 0 fully saturated rings. The summed E-state index contributed by atoms with van der Waals surface area (Å²) in [6, 6.07) is 19.4. The molecule has 3 aromatic carbocycles. The topological polar surface area (TPSA) is 149 Å². The second-order valence-electron chi connectivity index (χ2n) is 8.42. The van der Waals surface area contributed by atoms with Crippen LogP contribution in [0.25, 0.3) is 16.9 Å². The minimum absolute atomic E-state index is 0.0195. The average Bonchev–Trinajstić information content (AvgIpc) is 3.28. The van der Waals surface area contributed by atoms with E-state index in [2.05, 4.69) is 36.1 Å². The van der Waals surface area contributed by atoms with Gasteiger partial charge >= 0.3 is 0 Å². The standard InChI is InChI=1S/C26H22BrN5O5S/c27-20-15-29-32-25(12-21(31-26(20)32)19-6-1-2-7-22(19)34)28-13-16-4-3-5-17(10-16)14-30-38(36,37)24-11-18(33)8-9-23(24)35/h1-12,15,28,30,33-35H,13-14H2. The van der Waals surface area contributed by atoms with Crippen LogP contribution in [0.1, 0.15) is 11.1 Å². The fourth-order valence-corrected chi connectivity index (χ4v) is 5.39. The molecule has 0 amide bonds. The summed E-state index contributed by atoms with van der Waals surface area (Å²) in [6.45, 7) is 0.374. The Labute approximate surface area is 226 Å². The van der Waals surface area contributed by atoms with E-state index in [0.717, 1.165) is 17.7 Å². The summed E-state index contributed by atoms with van der Waals surface area (Å²) in [5.74, 6) is 0.0335. The predicted octanol–water partition coefficient (Wildman–Crippen LogP) is 4.37. The van der Waals surface area contributed by atoms with Gasteiger partial charge < -0.3 is 20.6 Å². The average molecular weight is 596 g/mol. The molecule has 5 rings (SSSR count). The number of nitrogens with one attached hydrogen (secondary N) is 2. The SMILES string of the molecule is O=S(=O)(NCc1cccc(CNc2cc(-c3ccccc3O)nc3c(Br)cnn23)c1)c1cc(O)ccc1O. The van der Waals surface area contributed by atoms with Gasteiger partial charge in [0.05, 0.1) is 16.4 Å². The summed E-state index contributed by atoms with van der Waals surface area (Å²) in [6.07, 6.45) is 1.64. The number of nitrogens with zero attached hydrogens (tertiary/aromatic N) is 3. The quantitative estimate of drug-likeness (QED) is 0.166. The number of phenols is 3. The fraction of sp³-hybridized carbons (Fsp3) is 0.0769. The van der Waals surface area contributed by atoms with Crippen molar-refractivity contribution in [1.82, 2.24) is 19.3 Å². The molecule has 0 atom stereocenters. The first-order valence-corrected chi connectivity index (χ1v) is 13.6. The Morgan fingerprint density at radius 2 is 1.63 bits per heavy atom. The molecule has 0 aliphatic heterocycles. The van der Waals surface area contributed by atoms with Crippen LogP contribution in [0.4, 0.5) is 5.82 Å². The van der Waals surface area contributed by atoms with Crippen molar-refractivity contribution >= 4 is 37.4 Å². The Hall–Kier alpha value is -4.13. The molecule has 12 heteroatoms. The van der Waals surface area contributed by atoms with Crippen LogP contribution in [0.5, 0.6) is 17.2 Å². The summed E-state index contributed by atoms with van der Waals surface area (Å²) in [5.41, 5.74) is 3.30. The molecule has 5 aromatic rings. The largest absolute Gasteiger partial charge is 0.508 e. The fourth-order valence-electron chi connectivity index (χ4n) is 3.91. The molecule has 0 aliphatic carbocycles. The molecule has 2 heterocycles. The van der Waals surface area contributed by atoms with Gasteiger partial charge in [-0.1, -0.05) is 36.4 Å². The maximum Gasteiger partial charge on any atom is 0.244 e. The van der Waals surface area contributed by atoms with E-state index in [0.29, 0.717) is 39.3 Å². The van der Waals surface area contributed by atoms with E-state index in [1.165, 1.54) is 6.07 Å². The molecule has 0 saturated heterocycles. The molecule has 38 heavy (non-hydrogen) atoms. The summed E-state index contributed by atoms with van der Waals surface area (Å²) >= 11 is 3.47. The minimum atomic E-state index is -4.06. The molecule has 0 aliphatic rings. The molecule has 5 N–H and O–H groups in total. The van der Waals surface area contributed by atoms with Crippen molar-refractivity contribution in [2.75, 3.05) is 5.32 Å². The highest BCUT2D eigenvalue weighted by molar-refractivity contribution is 9.10. The minimum Gasteiger partial charge on any atom is -0.508 e. The lowest BCUT2D eigenvalue weighted by Crippen LogP contribution is -2.23. The van der Waals surface area contributed by atoms with Crippen LogP contribution in [-0.2, 0) is 23.1 Å². The molecule has 0 spiro atoms. The number of phenolic OH excluding ortho intramolecular Hbond substituents is 3. The Kier molecular flexibility index (Phi) is 6.93. The third-order valence-corrected chi connectivity index (χ3v) is 7.76. The van der Waals surface area contributed by atoms with Gasteiger partial charge in [-0.2, -0.15) is 9.61 Å². The summed E-state index contributed by atoms with van der Waals surface area (Å²) in [7, 11) is -4.06. The van der Waals surface area contributed by atoms with E-state index in [4.69, 9.17) is 0 Å². The molecule has 10 nitrogen and oxygen atoms in total. The third-order valence-electron chi connectivity index (χ3n) is 5.77. The van der Waals surface area contributed by atoms with Crippen LogP contribution < -0.4 is 10.0 Å². The van der Waals surface area contributed by atoms with E-state index in [1.54, 1.807) is 41.0 Å². The number of hydrogen-bond donors (Lipinski definition) is 5. The van der Waals surface area contributed by atoms with Gasteiger partial charge in [-0.05, 0) is 51.3 Å². The van der Waals surface area contributed by atoms with E-state index in [1.807, 2.05) is 24.3 Å². The van der Waals surface area contributed by atoms with Crippen LogP contribution in [0.3, 0.4) is 0 Å². The van der Waals surface area contributed by atoms with E-state index >= 15 is 0 Å². The van der Waals surface area contributed by atoms with Crippen LogP contribution in [0.15, 0.2) is 88.4 Å². The number of halogens is 1. The number of hydrogen-bond acceptors (Lipinski definition) is 8. The first-order valence-electron chi connectivity index (χ1n) is 11.4. The van der Waals surface area contributed by atoms with Gasteiger partial charge in [0, 0.05) is 30.8 Å². The van der Waals surface area contributed by atoms with Crippen LogP contribution >= 0.6 is 15.9 Å². The Morgan fingerprint density at radius 3 is 2.42 bits per heavy atom. The smallest absolute Gasteiger partial charge is 0.244 e. The van der Waals surface area contributed by atoms with Crippen molar-refractivity contribution < 1.29 is 23.7 Å². The van der Waals surface area contributed by atoms with Gasteiger partial charge in [-0.3, -0.25) is 0 Å². The monoisotopic (exact) mass is 595 g/mol. The van der Waals surface area contributed by atoms with Crippen molar-refractivity contribution in [3.05, 3.63) is 94.6 Å². The third kappa shape index (κ3) is 5.28. The first-order chi connectivity index (χ1) is 18.2. The number of aromatic nitrogens is 3. The van der Waals surface area contributed by atoms with Crippen LogP contribution in [0.2, 0.25) is 0 Å². The highest BCUT2D eigenvalue weighted by Gasteiger charge is 2.19. The number of fused-ring (bicyclic) bond motifs is 1. The van der Waals surface area contributed by atoms with Gasteiger partial charge in [0.15, 0.2) is 5.65 Å². The molecule has 194 valence electrons. The number of aromatic hydroxyl groups is 3. The molecule has 2 aromatic heterocycles. The number of benzene rings is 3. The second-order valence-corrected chi connectivity index (χ2v) is 11.0. The number of para-hydroxylation sites is 1. The first kappa shape index (κ1) is 25.5. The molecule has 0 unspecified atom stereocenters. The van der Waals surface area contributed by atoms with Gasteiger partial charge in [0.2, 0.25) is 10.0 Å². The molecule has 0 radical (unpaired) electrons. The maximum atomic E-state index is 12.6. The number of anilines is 1. The zero-order chi connectivity index (χ0) is 26.9. The Balaban J connectivity index is 1.35. The Morgan fingerprint density at radius 1 is 0.868 bits per heavy atom. The highest BCUT2D eigenvalue weighted by atomic mass is 79.9. The van der Waals surface area contributed by atoms with E-state index in [-0.39, 0.29) is 18.0 Å². The van der Waals surface area contributed by atoms with E-state index in [9.17, 15) is 23.7 Å². The summed E-state index contributed by atoms with van der Waals surface area (Å²) in [4.78, 5) is 4.23. The van der Waals surface area contributed by atoms with Crippen molar-refractivity contribution in [3.8, 4) is 28.5 Å². The second kappa shape index (κ2) is 10.3. The lowest BCUT2D eigenvalue weighted by molar-refractivity contribution is 0.444. The molecular weight excluding hydrogens is 574 g/mol. The molecule has 0 bridgehead atoms. The van der Waals surface area contributed by atoms with Gasteiger partial charge in [0.1, 0.15) is 28.0 Å². The number of rotatable bonds is 8. The van der Waals surface area contributed by atoms with Crippen molar-refractivity contribution in [2.45, 2.75) is 18.0 Å². The van der Waals surface area contributed by atoms with Gasteiger partial charge in [-0.25, -0.2) is 18.1 Å². The lowest BCUT2D eigenvalue weighted by Gasteiger charge is -2.13.